The average Bonchev–Trinajstić information content (AvgIpc) is 2.57. The summed E-state index contributed by atoms with van der Waals surface area (Å²) in [5.41, 5.74) is 1.21. The number of hydrogen-bond acceptors (Lipinski definition) is 4. The first kappa shape index (κ1) is 19.1. The van der Waals surface area contributed by atoms with Gasteiger partial charge in [0, 0.05) is 19.6 Å². The van der Waals surface area contributed by atoms with Crippen molar-refractivity contribution in [1.82, 2.24) is 10.6 Å². The number of guanidine groups is 1. The second-order valence-electron chi connectivity index (χ2n) is 4.93. The van der Waals surface area contributed by atoms with Crippen LogP contribution in [0.4, 0.5) is 0 Å². The molecule has 1 aromatic rings. The molecule has 130 valence electrons. The Morgan fingerprint density at radius 1 is 1.22 bits per heavy atom. The van der Waals surface area contributed by atoms with Crippen LogP contribution in [-0.4, -0.2) is 51.0 Å². The normalized spacial score (nSPS) is 11.2. The van der Waals surface area contributed by atoms with E-state index in [0.717, 1.165) is 43.4 Å². The number of benzene rings is 1. The Morgan fingerprint density at radius 3 is 2.70 bits per heavy atom. The fraction of sp³-hybridized carbons (Fsp3) is 0.588. The molecule has 1 rings (SSSR count). The number of methoxy groups -OCH3 is 1. The molecule has 0 amide bonds. The maximum atomic E-state index is 8.85. The molecule has 1 aromatic carbocycles. The van der Waals surface area contributed by atoms with Gasteiger partial charge in [-0.2, -0.15) is 0 Å². The molecule has 3 N–H and O–H groups in total. The summed E-state index contributed by atoms with van der Waals surface area (Å²) < 4.78 is 10.9. The Kier molecular flexibility index (Phi) is 9.63. The van der Waals surface area contributed by atoms with E-state index in [1.54, 1.807) is 7.11 Å². The molecule has 0 aliphatic heterocycles. The van der Waals surface area contributed by atoms with Crippen molar-refractivity contribution in [2.24, 2.45) is 4.99 Å². The summed E-state index contributed by atoms with van der Waals surface area (Å²) in [5.74, 6) is 2.29. The third kappa shape index (κ3) is 7.23. The fourth-order valence-corrected chi connectivity index (χ4v) is 2.14. The van der Waals surface area contributed by atoms with Gasteiger partial charge in [-0.3, -0.25) is 4.99 Å². The van der Waals surface area contributed by atoms with Crippen LogP contribution in [-0.2, 0) is 6.42 Å². The summed E-state index contributed by atoms with van der Waals surface area (Å²) >= 11 is 0. The number of aliphatic hydroxyl groups excluding tert-OH is 1. The first-order valence-electron chi connectivity index (χ1n) is 8.17. The molecule has 0 aliphatic carbocycles. The van der Waals surface area contributed by atoms with Gasteiger partial charge in [-0.25, -0.2) is 0 Å². The average molecular weight is 323 g/mol. The van der Waals surface area contributed by atoms with Crippen LogP contribution in [0.25, 0.3) is 0 Å². The van der Waals surface area contributed by atoms with E-state index in [1.807, 2.05) is 26.0 Å². The number of nitrogens with zero attached hydrogens (tertiary/aromatic N) is 1. The van der Waals surface area contributed by atoms with Crippen LogP contribution in [0.1, 0.15) is 25.8 Å². The molecule has 23 heavy (non-hydrogen) atoms. The van der Waals surface area contributed by atoms with E-state index in [9.17, 15) is 0 Å². The number of hydrogen-bond donors (Lipinski definition) is 3. The van der Waals surface area contributed by atoms with Gasteiger partial charge in [0.1, 0.15) is 0 Å². The lowest BCUT2D eigenvalue weighted by Gasteiger charge is -2.11. The van der Waals surface area contributed by atoms with E-state index >= 15 is 0 Å². The molecule has 0 bridgehead atoms. The molecule has 0 atom stereocenters. The summed E-state index contributed by atoms with van der Waals surface area (Å²) in [6, 6.07) is 6.03. The second-order valence-corrected chi connectivity index (χ2v) is 4.93. The van der Waals surface area contributed by atoms with Gasteiger partial charge in [-0.05, 0) is 44.4 Å². The molecular weight excluding hydrogens is 294 g/mol. The quantitative estimate of drug-likeness (QED) is 0.346. The van der Waals surface area contributed by atoms with Gasteiger partial charge in [-0.15, -0.1) is 0 Å². The summed E-state index contributed by atoms with van der Waals surface area (Å²) in [6.45, 7) is 6.71. The zero-order chi connectivity index (χ0) is 16.9. The number of aliphatic imine (C=N–C) groups is 1. The molecule has 0 aromatic heterocycles. The third-order valence-electron chi connectivity index (χ3n) is 3.17. The Bertz CT molecular complexity index is 478. The van der Waals surface area contributed by atoms with Gasteiger partial charge >= 0.3 is 0 Å². The molecule has 0 aliphatic rings. The molecule has 6 nitrogen and oxygen atoms in total. The van der Waals surface area contributed by atoms with Crippen molar-refractivity contribution in [2.75, 3.05) is 40.0 Å². The van der Waals surface area contributed by atoms with E-state index in [-0.39, 0.29) is 6.61 Å². The standard InChI is InChI=1S/C17H29N3O3/c1-4-18-17(20-11-12-21)19-10-6-7-14-8-9-15(22-3)16(13-14)23-5-2/h8-9,13,21H,4-7,10-12H2,1-3H3,(H2,18,19,20). The van der Waals surface area contributed by atoms with Crippen molar-refractivity contribution in [1.29, 1.82) is 0 Å². The lowest BCUT2D eigenvalue weighted by atomic mass is 10.1. The van der Waals surface area contributed by atoms with Crippen molar-refractivity contribution in [3.63, 3.8) is 0 Å². The Hall–Kier alpha value is -1.95. The van der Waals surface area contributed by atoms with Crippen molar-refractivity contribution in [2.45, 2.75) is 26.7 Å². The van der Waals surface area contributed by atoms with Crippen LogP contribution in [0, 0.1) is 0 Å². The highest BCUT2D eigenvalue weighted by Gasteiger charge is 2.05. The number of rotatable bonds is 10. The largest absolute Gasteiger partial charge is 0.493 e. The summed E-state index contributed by atoms with van der Waals surface area (Å²) in [7, 11) is 1.65. The molecule has 0 fully saturated rings. The predicted octanol–water partition coefficient (Wildman–Crippen LogP) is 1.57. The van der Waals surface area contributed by atoms with Gasteiger partial charge < -0.3 is 25.2 Å². The zero-order valence-corrected chi connectivity index (χ0v) is 14.4. The van der Waals surface area contributed by atoms with Gasteiger partial charge in [-0.1, -0.05) is 6.07 Å². The van der Waals surface area contributed by atoms with Crippen molar-refractivity contribution in [3.8, 4) is 11.5 Å². The minimum atomic E-state index is 0.0937. The van der Waals surface area contributed by atoms with Gasteiger partial charge in [0.25, 0.3) is 0 Å². The first-order chi connectivity index (χ1) is 11.2. The van der Waals surface area contributed by atoms with Crippen molar-refractivity contribution >= 4 is 5.96 Å². The van der Waals surface area contributed by atoms with Crippen LogP contribution in [0.15, 0.2) is 23.2 Å². The van der Waals surface area contributed by atoms with Crippen LogP contribution in [0.2, 0.25) is 0 Å². The molecule has 0 heterocycles. The van der Waals surface area contributed by atoms with Gasteiger partial charge in [0.05, 0.1) is 20.3 Å². The molecule has 0 spiro atoms. The lowest BCUT2D eigenvalue weighted by Crippen LogP contribution is -2.38. The van der Waals surface area contributed by atoms with E-state index < -0.39 is 0 Å². The van der Waals surface area contributed by atoms with E-state index in [2.05, 4.69) is 21.7 Å². The minimum absolute atomic E-state index is 0.0937. The number of ether oxygens (including phenoxy) is 2. The molecule has 6 heteroatoms. The van der Waals surface area contributed by atoms with E-state index in [4.69, 9.17) is 14.6 Å². The molecule has 0 unspecified atom stereocenters. The molecule has 0 saturated heterocycles. The van der Waals surface area contributed by atoms with E-state index in [0.29, 0.717) is 13.2 Å². The zero-order valence-electron chi connectivity index (χ0n) is 14.4. The highest BCUT2D eigenvalue weighted by atomic mass is 16.5. The van der Waals surface area contributed by atoms with Crippen LogP contribution >= 0.6 is 0 Å². The summed E-state index contributed by atoms with van der Waals surface area (Å²) in [6.07, 6.45) is 1.86. The first-order valence-corrected chi connectivity index (χ1v) is 8.17. The topological polar surface area (TPSA) is 75.1 Å². The lowest BCUT2D eigenvalue weighted by molar-refractivity contribution is 0.300. The van der Waals surface area contributed by atoms with Crippen LogP contribution in [0.3, 0.4) is 0 Å². The fourth-order valence-electron chi connectivity index (χ4n) is 2.14. The third-order valence-corrected chi connectivity index (χ3v) is 3.17. The second kappa shape index (κ2) is 11.6. The monoisotopic (exact) mass is 323 g/mol. The minimum Gasteiger partial charge on any atom is -0.493 e. The van der Waals surface area contributed by atoms with Gasteiger partial charge in [0.2, 0.25) is 0 Å². The Morgan fingerprint density at radius 2 is 2.04 bits per heavy atom. The highest BCUT2D eigenvalue weighted by Crippen LogP contribution is 2.28. The summed E-state index contributed by atoms with van der Waals surface area (Å²) in [5, 5.41) is 15.1. The molecular formula is C17H29N3O3. The number of aliphatic hydroxyl groups is 1. The van der Waals surface area contributed by atoms with E-state index in [1.165, 1.54) is 5.56 Å². The Labute approximate surface area is 138 Å². The maximum Gasteiger partial charge on any atom is 0.191 e. The SMILES string of the molecule is CCNC(=NCCCc1ccc(OC)c(OCC)c1)NCCO. The smallest absolute Gasteiger partial charge is 0.191 e. The number of nitrogens with one attached hydrogen (secondary N) is 2. The maximum absolute atomic E-state index is 8.85. The van der Waals surface area contributed by atoms with Crippen LogP contribution in [0.5, 0.6) is 11.5 Å². The number of aryl methyl sites for hydroxylation is 1. The van der Waals surface area contributed by atoms with Gasteiger partial charge in [0.15, 0.2) is 17.5 Å². The molecule has 0 saturated carbocycles. The predicted molar refractivity (Wildman–Crippen MR) is 93.6 cm³/mol. The summed E-state index contributed by atoms with van der Waals surface area (Å²) in [4.78, 5) is 4.49. The molecule has 0 radical (unpaired) electrons. The van der Waals surface area contributed by atoms with Crippen LogP contribution < -0.4 is 20.1 Å². The van der Waals surface area contributed by atoms with Crippen molar-refractivity contribution < 1.29 is 14.6 Å². The highest BCUT2D eigenvalue weighted by molar-refractivity contribution is 5.79. The van der Waals surface area contributed by atoms with Crippen molar-refractivity contribution in [3.05, 3.63) is 23.8 Å². The Balaban J connectivity index is 2.52.